The molecule has 18 heteroatoms. The van der Waals surface area contributed by atoms with E-state index >= 15 is 0 Å². The molecule has 2 saturated heterocycles. The van der Waals surface area contributed by atoms with Crippen LogP contribution in [0.1, 0.15) is 118 Å². The van der Waals surface area contributed by atoms with Gasteiger partial charge in [-0.05, 0) is 182 Å². The number of hydrogen-bond donors (Lipinski definition) is 1. The minimum Gasteiger partial charge on any atom is -0.476 e. The SMILES string of the molecule is CC(C)(C)OC(=O)N1CCC(c2ccnc3c(C(=O)O)n(-c4ccc(Oc5ccccc5)cc4)nc23)CC1.CCOC(=O)c1c2nccc(C3CCN(C(=O)OC(C)(C)C)CC3)c2nn1-c1ccc(Oc2ccccc2)cc1. The number of esters is 1. The van der Waals surface area contributed by atoms with Gasteiger partial charge >= 0.3 is 24.1 Å². The molecule has 18 nitrogen and oxygen atoms in total. The molecule has 8 aromatic rings. The number of carbonyl (C=O) groups is 4. The van der Waals surface area contributed by atoms with Gasteiger partial charge in [0.25, 0.3) is 0 Å². The van der Waals surface area contributed by atoms with Gasteiger partial charge in [-0.25, -0.2) is 28.5 Å². The highest BCUT2D eigenvalue weighted by molar-refractivity contribution is 6.02. The van der Waals surface area contributed by atoms with Crippen molar-refractivity contribution >= 4 is 46.2 Å². The summed E-state index contributed by atoms with van der Waals surface area (Å²) in [5, 5.41) is 19.7. The molecule has 10 rings (SSSR count). The van der Waals surface area contributed by atoms with Crippen molar-refractivity contribution in [1.29, 1.82) is 0 Å². The minimum absolute atomic E-state index is 0.00442. The van der Waals surface area contributed by atoms with Crippen LogP contribution in [-0.2, 0) is 14.2 Å². The number of benzene rings is 4. The van der Waals surface area contributed by atoms with Gasteiger partial charge in [0.1, 0.15) is 56.3 Å². The number of carboxylic acid groups (broad SMARTS) is 1. The van der Waals surface area contributed by atoms with Crippen molar-refractivity contribution < 1.29 is 48.0 Å². The van der Waals surface area contributed by atoms with Crippen LogP contribution in [0.15, 0.2) is 134 Å². The van der Waals surface area contributed by atoms with Crippen molar-refractivity contribution in [2.75, 3.05) is 32.8 Å². The summed E-state index contributed by atoms with van der Waals surface area (Å²) in [6.45, 7) is 15.4. The van der Waals surface area contributed by atoms with E-state index in [0.717, 1.165) is 42.6 Å². The first-order valence-electron chi connectivity index (χ1n) is 26.2. The number of likely N-dealkylation sites (tertiary alicyclic amines) is 2. The summed E-state index contributed by atoms with van der Waals surface area (Å²) in [5.74, 6) is 1.42. The Balaban J connectivity index is 0.000000190. The van der Waals surface area contributed by atoms with Gasteiger partial charge in [-0.2, -0.15) is 10.2 Å². The van der Waals surface area contributed by atoms with Gasteiger partial charge in [0, 0.05) is 38.6 Å². The second-order valence-electron chi connectivity index (χ2n) is 21.0. The third-order valence-corrected chi connectivity index (χ3v) is 13.1. The first-order valence-corrected chi connectivity index (χ1v) is 26.2. The minimum atomic E-state index is -1.11. The van der Waals surface area contributed by atoms with E-state index < -0.39 is 23.1 Å². The van der Waals surface area contributed by atoms with Gasteiger partial charge in [0.15, 0.2) is 11.4 Å². The fourth-order valence-corrected chi connectivity index (χ4v) is 9.56. The predicted octanol–water partition coefficient (Wildman–Crippen LogP) is 12.5. The molecule has 0 saturated carbocycles. The molecular weight excluding hydrogens is 993 g/mol. The van der Waals surface area contributed by atoms with Gasteiger partial charge in [-0.1, -0.05) is 36.4 Å². The third kappa shape index (κ3) is 12.7. The number of fused-ring (bicyclic) bond motifs is 2. The van der Waals surface area contributed by atoms with E-state index in [-0.39, 0.29) is 42.0 Å². The quantitative estimate of drug-likeness (QED) is 0.0946. The zero-order valence-electron chi connectivity index (χ0n) is 44.9. The molecule has 0 spiro atoms. The lowest BCUT2D eigenvalue weighted by Crippen LogP contribution is -2.41. The van der Waals surface area contributed by atoms with Gasteiger partial charge in [0.05, 0.1) is 18.0 Å². The van der Waals surface area contributed by atoms with Crippen LogP contribution >= 0.6 is 0 Å². The summed E-state index contributed by atoms with van der Waals surface area (Å²) in [6.07, 6.45) is 5.69. The summed E-state index contributed by atoms with van der Waals surface area (Å²) in [5.41, 5.74) is 4.47. The molecule has 2 aliphatic heterocycles. The Hall–Kier alpha value is -8.80. The lowest BCUT2D eigenvalue weighted by Gasteiger charge is -2.33. The number of carboxylic acids is 1. The van der Waals surface area contributed by atoms with E-state index in [0.29, 0.717) is 76.9 Å². The Morgan fingerprint density at radius 3 is 1.26 bits per heavy atom. The number of aromatic carboxylic acids is 1. The van der Waals surface area contributed by atoms with Crippen LogP contribution in [0.4, 0.5) is 9.59 Å². The van der Waals surface area contributed by atoms with Crippen molar-refractivity contribution in [2.45, 2.75) is 97.2 Å². The monoisotopic (exact) mass is 1060 g/mol. The summed E-state index contributed by atoms with van der Waals surface area (Å²) < 4.78 is 31.3. The average molecular weight is 1060 g/mol. The second kappa shape index (κ2) is 23.2. The van der Waals surface area contributed by atoms with E-state index in [1.54, 1.807) is 58.1 Å². The topological polar surface area (TPSA) is 203 Å². The molecule has 0 unspecified atom stereocenters. The molecule has 404 valence electrons. The highest BCUT2D eigenvalue weighted by Gasteiger charge is 2.33. The summed E-state index contributed by atoms with van der Waals surface area (Å²) in [6, 6.07) is 37.3. The number of hydrogen-bond acceptors (Lipinski definition) is 13. The molecule has 2 amide bonds. The zero-order valence-corrected chi connectivity index (χ0v) is 44.9. The number of para-hydroxylation sites is 2. The van der Waals surface area contributed by atoms with E-state index in [1.165, 1.54) is 4.68 Å². The Labute approximate surface area is 452 Å². The molecule has 0 radical (unpaired) electrons. The summed E-state index contributed by atoms with van der Waals surface area (Å²) in [4.78, 5) is 62.9. The molecule has 0 aliphatic carbocycles. The van der Waals surface area contributed by atoms with Crippen molar-refractivity contribution in [3.05, 3.63) is 156 Å². The van der Waals surface area contributed by atoms with Crippen LogP contribution in [0.5, 0.6) is 23.0 Å². The Morgan fingerprint density at radius 2 is 0.885 bits per heavy atom. The molecule has 4 aromatic carbocycles. The van der Waals surface area contributed by atoms with Crippen molar-refractivity contribution in [2.24, 2.45) is 0 Å². The highest BCUT2D eigenvalue weighted by Crippen LogP contribution is 2.37. The van der Waals surface area contributed by atoms with Crippen molar-refractivity contribution in [3.63, 3.8) is 0 Å². The second-order valence-corrected chi connectivity index (χ2v) is 21.0. The molecule has 0 atom stereocenters. The molecule has 6 heterocycles. The normalized spacial score (nSPS) is 14.3. The van der Waals surface area contributed by atoms with Gasteiger partial charge in [0.2, 0.25) is 0 Å². The number of nitrogens with zero attached hydrogens (tertiary/aromatic N) is 8. The third-order valence-electron chi connectivity index (χ3n) is 13.1. The fraction of sp³-hybridized carbons (Fsp3) is 0.333. The summed E-state index contributed by atoms with van der Waals surface area (Å²) >= 11 is 0. The largest absolute Gasteiger partial charge is 0.476 e. The first kappa shape index (κ1) is 54.0. The standard InChI is InChI=1S/C31H34N4O5.C29H30N4O5/c1-5-38-29(36)28-27-26(33-35(28)22-11-13-24(14-12-22)39-23-9-7-6-8-10-23)25(15-18-32-27)21-16-19-34(20-17-21)30(37)40-31(2,3)4;1-29(2,3)38-28(36)32-17-14-19(15-18-32)23-13-16-30-25-24(23)31-33(26(25)27(34)35)20-9-11-22(12-10-20)37-21-7-5-4-6-8-21/h6-15,18,21H,5,16-17,19-20H2,1-4H3;4-13,16,19H,14-15,17-18H2,1-3H3,(H,34,35). The fourth-order valence-electron chi connectivity index (χ4n) is 9.56. The van der Waals surface area contributed by atoms with Crippen LogP contribution in [0.2, 0.25) is 0 Å². The number of ether oxygens (including phenoxy) is 5. The van der Waals surface area contributed by atoms with E-state index in [2.05, 4.69) is 9.97 Å². The first-order chi connectivity index (χ1) is 37.4. The molecule has 2 aliphatic rings. The maximum Gasteiger partial charge on any atom is 0.410 e. The van der Waals surface area contributed by atoms with Gasteiger partial charge in [-0.15, -0.1) is 0 Å². The van der Waals surface area contributed by atoms with Crippen LogP contribution in [0, 0.1) is 0 Å². The summed E-state index contributed by atoms with van der Waals surface area (Å²) in [7, 11) is 0. The van der Waals surface area contributed by atoms with Crippen LogP contribution < -0.4 is 9.47 Å². The van der Waals surface area contributed by atoms with Crippen LogP contribution in [0.25, 0.3) is 33.4 Å². The molecule has 2 fully saturated rings. The number of aromatic nitrogens is 6. The molecule has 1 N–H and O–H groups in total. The Bertz CT molecular complexity index is 3390. The number of rotatable bonds is 11. The van der Waals surface area contributed by atoms with Crippen LogP contribution in [0.3, 0.4) is 0 Å². The average Bonchev–Trinajstić information content (AvgIpc) is 4.19. The highest BCUT2D eigenvalue weighted by atomic mass is 16.6. The van der Waals surface area contributed by atoms with E-state index in [9.17, 15) is 24.3 Å². The molecule has 0 bridgehead atoms. The molecule has 4 aromatic heterocycles. The van der Waals surface area contributed by atoms with Crippen molar-refractivity contribution in [1.82, 2.24) is 39.3 Å². The lowest BCUT2D eigenvalue weighted by molar-refractivity contribution is 0.0194. The van der Waals surface area contributed by atoms with Gasteiger partial charge in [-0.3, -0.25) is 9.97 Å². The molecule has 78 heavy (non-hydrogen) atoms. The van der Waals surface area contributed by atoms with Gasteiger partial charge < -0.3 is 38.6 Å². The van der Waals surface area contributed by atoms with Crippen LogP contribution in [-0.4, -0.2) is 113 Å². The Kier molecular flexibility index (Phi) is 16.1. The Morgan fingerprint density at radius 1 is 0.513 bits per heavy atom. The maximum absolute atomic E-state index is 13.1. The van der Waals surface area contributed by atoms with Crippen molar-refractivity contribution in [3.8, 4) is 34.4 Å². The van der Waals surface area contributed by atoms with E-state index in [1.807, 2.05) is 139 Å². The number of carbonyl (C=O) groups excluding carboxylic acids is 3. The smallest absolute Gasteiger partial charge is 0.410 e. The number of piperidine rings is 2. The number of amides is 2. The zero-order chi connectivity index (χ0) is 55.1. The predicted molar refractivity (Wildman–Crippen MR) is 293 cm³/mol. The number of pyridine rings is 2. The maximum atomic E-state index is 13.1. The van der Waals surface area contributed by atoms with E-state index in [4.69, 9.17) is 33.9 Å². The lowest BCUT2D eigenvalue weighted by atomic mass is 9.89. The molecular formula is C60H64N8O10.